The minimum atomic E-state index is -4.57. The highest BCUT2D eigenvalue weighted by molar-refractivity contribution is 6.00. The second-order valence-electron chi connectivity index (χ2n) is 8.13. The number of halogens is 4. The number of alkyl halides is 3. The molecule has 1 aliphatic heterocycles. The Kier molecular flexibility index (Phi) is 5.18. The van der Waals surface area contributed by atoms with Gasteiger partial charge >= 0.3 is 6.18 Å². The minimum absolute atomic E-state index is 0.0932. The molecule has 11 heteroatoms. The van der Waals surface area contributed by atoms with Gasteiger partial charge in [-0.1, -0.05) is 12.1 Å². The van der Waals surface area contributed by atoms with Gasteiger partial charge in [-0.2, -0.15) is 13.2 Å². The fraction of sp³-hybridized carbons (Fsp3) is 0.318. The highest BCUT2D eigenvalue weighted by atomic mass is 19.4. The van der Waals surface area contributed by atoms with Crippen LogP contribution in [0.2, 0.25) is 0 Å². The van der Waals surface area contributed by atoms with Crippen molar-refractivity contribution in [1.29, 1.82) is 0 Å². The zero-order valence-corrected chi connectivity index (χ0v) is 17.1. The predicted octanol–water partition coefficient (Wildman–Crippen LogP) is 3.81. The highest BCUT2D eigenvalue weighted by Crippen LogP contribution is 2.40. The van der Waals surface area contributed by atoms with Gasteiger partial charge in [0.05, 0.1) is 24.0 Å². The standard InChI is InChI=1S/C22H18F4N6O/c23-14-4-1-3-13(20-27-5-2-6-28-20)19(14)21(33)32-11-12-7-15(16(32)8-12)31-18-10-29-17(9-30-18)22(24,25)26/h1-6,9-10,12,15-16H,7-8,11H2,(H,30,31). The summed E-state index contributed by atoms with van der Waals surface area (Å²) in [6.45, 7) is 0.476. The summed E-state index contributed by atoms with van der Waals surface area (Å²) in [6.07, 6.45) is 1.61. The van der Waals surface area contributed by atoms with E-state index in [0.717, 1.165) is 12.6 Å². The topological polar surface area (TPSA) is 83.9 Å². The van der Waals surface area contributed by atoms with Crippen LogP contribution in [0.4, 0.5) is 23.4 Å². The van der Waals surface area contributed by atoms with Gasteiger partial charge in [-0.15, -0.1) is 0 Å². The molecule has 1 aliphatic carbocycles. The van der Waals surface area contributed by atoms with Crippen LogP contribution >= 0.6 is 0 Å². The Morgan fingerprint density at radius 3 is 2.48 bits per heavy atom. The molecule has 1 saturated heterocycles. The number of piperidine rings is 1. The third-order valence-corrected chi connectivity index (χ3v) is 6.05. The number of carbonyl (C=O) groups is 1. The highest BCUT2D eigenvalue weighted by Gasteiger charge is 2.48. The van der Waals surface area contributed by atoms with Gasteiger partial charge in [0.1, 0.15) is 11.6 Å². The van der Waals surface area contributed by atoms with E-state index in [4.69, 9.17) is 0 Å². The summed E-state index contributed by atoms with van der Waals surface area (Å²) in [7, 11) is 0. The van der Waals surface area contributed by atoms with Crippen LogP contribution in [-0.4, -0.2) is 49.4 Å². The molecule has 1 N–H and O–H groups in total. The van der Waals surface area contributed by atoms with Crippen molar-refractivity contribution in [2.24, 2.45) is 5.92 Å². The molecule has 1 saturated carbocycles. The third kappa shape index (κ3) is 3.98. The third-order valence-electron chi connectivity index (χ3n) is 6.05. The van der Waals surface area contributed by atoms with E-state index in [9.17, 15) is 22.4 Å². The molecule has 1 amide bonds. The van der Waals surface area contributed by atoms with Crippen LogP contribution in [0.5, 0.6) is 0 Å². The lowest BCUT2D eigenvalue weighted by Crippen LogP contribution is -2.48. The zero-order valence-electron chi connectivity index (χ0n) is 17.1. The number of hydrogen-bond acceptors (Lipinski definition) is 6. The van der Waals surface area contributed by atoms with Crippen molar-refractivity contribution in [2.45, 2.75) is 31.1 Å². The van der Waals surface area contributed by atoms with E-state index in [1.54, 1.807) is 17.0 Å². The van der Waals surface area contributed by atoms with Gasteiger partial charge in [-0.05, 0) is 30.9 Å². The normalized spacial score (nSPS) is 21.9. The maximum Gasteiger partial charge on any atom is 0.434 e. The van der Waals surface area contributed by atoms with Crippen molar-refractivity contribution >= 4 is 11.7 Å². The lowest BCUT2D eigenvalue weighted by molar-refractivity contribution is -0.141. The molecule has 170 valence electrons. The molecule has 2 fully saturated rings. The molecule has 0 spiro atoms. The molecule has 7 nitrogen and oxygen atoms in total. The Morgan fingerprint density at radius 2 is 1.82 bits per heavy atom. The number of likely N-dealkylation sites (tertiary alicyclic amines) is 1. The molecule has 2 bridgehead atoms. The largest absolute Gasteiger partial charge is 0.434 e. The van der Waals surface area contributed by atoms with Crippen LogP contribution in [0.1, 0.15) is 28.9 Å². The van der Waals surface area contributed by atoms with Crippen molar-refractivity contribution in [3.63, 3.8) is 0 Å². The molecule has 3 aromatic rings. The number of fused-ring (bicyclic) bond motifs is 2. The Morgan fingerprint density at radius 1 is 1.03 bits per heavy atom. The van der Waals surface area contributed by atoms with Crippen molar-refractivity contribution in [2.75, 3.05) is 11.9 Å². The molecule has 0 radical (unpaired) electrons. The van der Waals surface area contributed by atoms with E-state index in [1.165, 1.54) is 24.5 Å². The fourth-order valence-corrected chi connectivity index (χ4v) is 4.66. The van der Waals surface area contributed by atoms with E-state index in [-0.39, 0.29) is 35.2 Å². The number of rotatable bonds is 4. The van der Waals surface area contributed by atoms with Crippen LogP contribution < -0.4 is 5.32 Å². The Hall–Kier alpha value is -3.63. The van der Waals surface area contributed by atoms with Crippen LogP contribution in [0, 0.1) is 11.7 Å². The van der Waals surface area contributed by atoms with E-state index in [2.05, 4.69) is 25.3 Å². The summed E-state index contributed by atoms with van der Waals surface area (Å²) >= 11 is 0. The SMILES string of the molecule is O=C(c1c(F)cccc1-c1ncccn1)N1CC2CC(Nc3cnc(C(F)(F)F)cn3)C1C2. The maximum absolute atomic E-state index is 14.8. The molecule has 5 rings (SSSR count). The van der Waals surface area contributed by atoms with E-state index >= 15 is 0 Å². The number of anilines is 1. The van der Waals surface area contributed by atoms with Gasteiger partial charge in [-0.3, -0.25) is 4.79 Å². The van der Waals surface area contributed by atoms with E-state index in [0.29, 0.717) is 24.7 Å². The van der Waals surface area contributed by atoms with Crippen molar-refractivity contribution in [1.82, 2.24) is 24.8 Å². The van der Waals surface area contributed by atoms with Gasteiger partial charge in [-0.25, -0.2) is 24.3 Å². The number of amides is 1. The van der Waals surface area contributed by atoms with E-state index in [1.807, 2.05) is 0 Å². The van der Waals surface area contributed by atoms with Crippen LogP contribution in [-0.2, 0) is 6.18 Å². The van der Waals surface area contributed by atoms with Gasteiger partial charge in [0.25, 0.3) is 5.91 Å². The van der Waals surface area contributed by atoms with E-state index < -0.39 is 23.6 Å². The van der Waals surface area contributed by atoms with Gasteiger partial charge in [0.15, 0.2) is 11.5 Å². The number of hydrogen-bond donors (Lipinski definition) is 1. The smallest absolute Gasteiger partial charge is 0.364 e. The Bertz CT molecular complexity index is 1170. The minimum Gasteiger partial charge on any atom is -0.364 e. The first-order valence-electron chi connectivity index (χ1n) is 10.3. The molecule has 1 aromatic carbocycles. The van der Waals surface area contributed by atoms with Crippen LogP contribution in [0.25, 0.3) is 11.4 Å². The average Bonchev–Trinajstić information content (AvgIpc) is 3.39. The molecule has 2 aromatic heterocycles. The zero-order chi connectivity index (χ0) is 23.2. The summed E-state index contributed by atoms with van der Waals surface area (Å²) in [6, 6.07) is 5.47. The number of benzene rings is 1. The molecule has 33 heavy (non-hydrogen) atoms. The molecule has 3 heterocycles. The van der Waals surface area contributed by atoms with Gasteiger partial charge in [0.2, 0.25) is 0 Å². The molecule has 2 aliphatic rings. The molecular weight excluding hydrogens is 440 g/mol. The lowest BCUT2D eigenvalue weighted by atomic mass is 10.0. The summed E-state index contributed by atoms with van der Waals surface area (Å²) in [5.41, 5.74) is -0.862. The van der Waals surface area contributed by atoms with Crippen molar-refractivity contribution in [3.05, 3.63) is 66.1 Å². The first-order chi connectivity index (χ1) is 15.8. The molecular formula is C22H18F4N6O. The van der Waals surface area contributed by atoms with Gasteiger partial charge < -0.3 is 10.2 Å². The molecule has 3 atom stereocenters. The number of nitrogens with zero attached hydrogens (tertiary/aromatic N) is 5. The number of nitrogens with one attached hydrogen (secondary N) is 1. The first kappa shape index (κ1) is 21.2. The van der Waals surface area contributed by atoms with Crippen molar-refractivity contribution in [3.8, 4) is 11.4 Å². The predicted molar refractivity (Wildman–Crippen MR) is 109 cm³/mol. The van der Waals surface area contributed by atoms with Crippen LogP contribution in [0.3, 0.4) is 0 Å². The quantitative estimate of drug-likeness (QED) is 0.599. The first-order valence-corrected chi connectivity index (χ1v) is 10.3. The maximum atomic E-state index is 14.8. The average molecular weight is 458 g/mol. The summed E-state index contributed by atoms with van der Waals surface area (Å²) in [4.78, 5) is 30.6. The summed E-state index contributed by atoms with van der Waals surface area (Å²) < 4.78 is 53.0. The summed E-state index contributed by atoms with van der Waals surface area (Å²) in [5, 5.41) is 3.09. The Labute approximate surface area is 185 Å². The molecule has 3 unspecified atom stereocenters. The van der Waals surface area contributed by atoms with Crippen molar-refractivity contribution < 1.29 is 22.4 Å². The lowest BCUT2D eigenvalue weighted by Gasteiger charge is -2.34. The Balaban J connectivity index is 1.38. The monoisotopic (exact) mass is 458 g/mol. The summed E-state index contributed by atoms with van der Waals surface area (Å²) in [5.74, 6) is -0.488. The number of aromatic nitrogens is 4. The van der Waals surface area contributed by atoms with Gasteiger partial charge in [0, 0.05) is 30.5 Å². The van der Waals surface area contributed by atoms with Crippen LogP contribution in [0.15, 0.2) is 49.1 Å². The second-order valence-corrected chi connectivity index (χ2v) is 8.13. The fourth-order valence-electron chi connectivity index (χ4n) is 4.66. The second kappa shape index (κ2) is 8.05. The number of carbonyl (C=O) groups excluding carboxylic acids is 1.